The van der Waals surface area contributed by atoms with Crippen molar-refractivity contribution in [2.75, 3.05) is 0 Å². The van der Waals surface area contributed by atoms with Crippen LogP contribution in [0.2, 0.25) is 0 Å². The van der Waals surface area contributed by atoms with Crippen molar-refractivity contribution in [3.05, 3.63) is 24.3 Å². The van der Waals surface area contributed by atoms with Gasteiger partial charge in [0.2, 0.25) is 0 Å². The predicted molar refractivity (Wildman–Crippen MR) is 42.9 cm³/mol. The molecule has 0 fully saturated rings. The average Bonchev–Trinajstić information content (AvgIpc) is 1.89. The summed E-state index contributed by atoms with van der Waals surface area (Å²) < 4.78 is 0. The van der Waals surface area contributed by atoms with Crippen molar-refractivity contribution in [3.8, 4) is 0 Å². The molecule has 0 aliphatic carbocycles. The number of nitrogens with zero attached hydrogens (tertiary/aromatic N) is 1. The highest BCUT2D eigenvalue weighted by Crippen LogP contribution is 2.20. The second kappa shape index (κ2) is 2.69. The lowest BCUT2D eigenvalue weighted by atomic mass is 10.3. The lowest BCUT2D eigenvalue weighted by molar-refractivity contribution is 1.40. The average molecular weight is 137 g/mol. The number of rotatable bonds is 1. The van der Waals surface area contributed by atoms with Crippen LogP contribution in [0.1, 0.15) is 0 Å². The Labute approximate surface area is 59.8 Å². The fraction of sp³-hybridized carbons (Fsp3) is 0. The summed E-state index contributed by atoms with van der Waals surface area (Å²) in [5.41, 5.74) is 0.834. The molecule has 1 aromatic carbocycles. The molecule has 0 atom stereocenters. The van der Waals surface area contributed by atoms with E-state index < -0.39 is 0 Å². The molecule has 0 bridgehead atoms. The van der Waals surface area contributed by atoms with Gasteiger partial charge in [-0.2, -0.15) is 0 Å². The second-order valence-corrected chi connectivity index (χ2v) is 2.13. The lowest BCUT2D eigenvalue weighted by Gasteiger charge is -1.93. The van der Waals surface area contributed by atoms with Crippen molar-refractivity contribution < 1.29 is 0 Å². The summed E-state index contributed by atoms with van der Waals surface area (Å²) in [6, 6.07) is 7.57. The molecule has 0 aromatic heterocycles. The zero-order valence-corrected chi connectivity index (χ0v) is 5.81. The molecule has 0 amide bonds. The molecule has 46 valence electrons. The third kappa shape index (κ3) is 1.33. The first-order valence-corrected chi connectivity index (χ1v) is 3.04. The molecule has 0 unspecified atom stereocenters. The van der Waals surface area contributed by atoms with Gasteiger partial charge in [0.25, 0.3) is 0 Å². The van der Waals surface area contributed by atoms with Gasteiger partial charge in [-0.3, -0.25) is 4.99 Å². The normalized spacial score (nSPS) is 9.00. The summed E-state index contributed by atoms with van der Waals surface area (Å²) in [4.78, 5) is 4.61. The molecule has 0 saturated heterocycles. The van der Waals surface area contributed by atoms with Crippen molar-refractivity contribution in [3.63, 3.8) is 0 Å². The van der Waals surface area contributed by atoms with E-state index in [-0.39, 0.29) is 0 Å². The molecule has 0 N–H and O–H groups in total. The van der Waals surface area contributed by atoms with Crippen LogP contribution >= 0.6 is 12.6 Å². The number of hydrogen-bond acceptors (Lipinski definition) is 2. The van der Waals surface area contributed by atoms with Gasteiger partial charge < -0.3 is 0 Å². The highest BCUT2D eigenvalue weighted by molar-refractivity contribution is 7.80. The van der Waals surface area contributed by atoms with Crippen molar-refractivity contribution in [1.82, 2.24) is 0 Å². The summed E-state index contributed by atoms with van der Waals surface area (Å²) in [6.07, 6.45) is 0. The first-order valence-electron chi connectivity index (χ1n) is 2.59. The van der Waals surface area contributed by atoms with Crippen LogP contribution in [0.15, 0.2) is 34.2 Å². The van der Waals surface area contributed by atoms with Crippen LogP contribution in [-0.4, -0.2) is 6.72 Å². The Bertz CT molecular complexity index is 220. The Morgan fingerprint density at radius 2 is 2.00 bits per heavy atom. The summed E-state index contributed by atoms with van der Waals surface area (Å²) >= 11 is 4.14. The van der Waals surface area contributed by atoms with E-state index in [2.05, 4.69) is 24.3 Å². The maximum absolute atomic E-state index is 4.14. The monoisotopic (exact) mass is 137 g/mol. The summed E-state index contributed by atoms with van der Waals surface area (Å²) in [7, 11) is 0. The highest BCUT2D eigenvalue weighted by Gasteiger charge is 1.89. The van der Waals surface area contributed by atoms with Gasteiger partial charge in [-0.1, -0.05) is 12.1 Å². The highest BCUT2D eigenvalue weighted by atomic mass is 32.1. The Morgan fingerprint density at radius 3 is 2.44 bits per heavy atom. The van der Waals surface area contributed by atoms with Crippen LogP contribution < -0.4 is 0 Å². The lowest BCUT2D eigenvalue weighted by Crippen LogP contribution is -1.64. The van der Waals surface area contributed by atoms with Crippen LogP contribution in [0.4, 0.5) is 5.69 Å². The van der Waals surface area contributed by atoms with Crippen molar-refractivity contribution >= 4 is 25.0 Å². The minimum Gasteiger partial charge on any atom is -0.264 e. The van der Waals surface area contributed by atoms with Gasteiger partial charge in [0.05, 0.1) is 5.69 Å². The first kappa shape index (κ1) is 6.36. The third-order valence-electron chi connectivity index (χ3n) is 1.05. The molecule has 0 spiro atoms. The first-order chi connectivity index (χ1) is 4.34. The zero-order valence-electron chi connectivity index (χ0n) is 4.91. The molecule has 1 rings (SSSR count). The maximum Gasteiger partial charge on any atom is 0.0755 e. The molecule has 0 radical (unpaired) electrons. The van der Waals surface area contributed by atoms with Crippen molar-refractivity contribution in [2.45, 2.75) is 4.90 Å². The van der Waals surface area contributed by atoms with Gasteiger partial charge in [0.1, 0.15) is 0 Å². The SMILES string of the molecule is C=Nc1ccccc1S. The summed E-state index contributed by atoms with van der Waals surface area (Å²) in [5.74, 6) is 0. The van der Waals surface area contributed by atoms with Gasteiger partial charge in [-0.25, -0.2) is 0 Å². The Balaban J connectivity index is 3.15. The number of benzene rings is 1. The van der Waals surface area contributed by atoms with Crippen LogP contribution in [0.5, 0.6) is 0 Å². The fourth-order valence-electron chi connectivity index (χ4n) is 0.598. The van der Waals surface area contributed by atoms with Crippen LogP contribution in [0.25, 0.3) is 0 Å². The standard InChI is InChI=1S/C7H7NS/c1-8-6-4-2-3-5-7(6)9/h2-5,9H,1H2. The van der Waals surface area contributed by atoms with Gasteiger partial charge in [-0.05, 0) is 18.9 Å². The Hall–Kier alpha value is -0.760. The summed E-state index contributed by atoms with van der Waals surface area (Å²) in [5, 5.41) is 0. The number of hydrogen-bond donors (Lipinski definition) is 1. The van der Waals surface area contributed by atoms with E-state index in [0.29, 0.717) is 0 Å². The minimum absolute atomic E-state index is 0.834. The van der Waals surface area contributed by atoms with E-state index >= 15 is 0 Å². The minimum atomic E-state index is 0.834. The molecule has 0 aliphatic heterocycles. The van der Waals surface area contributed by atoms with E-state index in [9.17, 15) is 0 Å². The zero-order chi connectivity index (χ0) is 6.69. The van der Waals surface area contributed by atoms with E-state index in [1.54, 1.807) is 0 Å². The van der Waals surface area contributed by atoms with Crippen molar-refractivity contribution in [2.24, 2.45) is 4.99 Å². The molecule has 1 nitrogen and oxygen atoms in total. The largest absolute Gasteiger partial charge is 0.264 e. The molecule has 1 aromatic rings. The fourth-order valence-corrected chi connectivity index (χ4v) is 0.829. The molecular weight excluding hydrogens is 130 g/mol. The molecule has 9 heavy (non-hydrogen) atoms. The molecular formula is C7H7NS. The van der Waals surface area contributed by atoms with Crippen LogP contribution in [-0.2, 0) is 0 Å². The number of aliphatic imine (C=N–C) groups is 1. The van der Waals surface area contributed by atoms with Crippen molar-refractivity contribution in [1.29, 1.82) is 0 Å². The molecule has 2 heteroatoms. The molecule has 0 heterocycles. The quantitative estimate of drug-likeness (QED) is 0.450. The predicted octanol–water partition coefficient (Wildman–Crippen LogP) is 2.31. The van der Waals surface area contributed by atoms with Crippen LogP contribution in [0, 0.1) is 0 Å². The van der Waals surface area contributed by atoms with Gasteiger partial charge in [0.15, 0.2) is 0 Å². The smallest absolute Gasteiger partial charge is 0.0755 e. The second-order valence-electron chi connectivity index (χ2n) is 1.65. The van der Waals surface area contributed by atoms with E-state index in [0.717, 1.165) is 10.6 Å². The Morgan fingerprint density at radius 1 is 1.33 bits per heavy atom. The van der Waals surface area contributed by atoms with Crippen LogP contribution in [0.3, 0.4) is 0 Å². The van der Waals surface area contributed by atoms with Gasteiger partial charge in [-0.15, -0.1) is 12.6 Å². The van der Waals surface area contributed by atoms with E-state index in [1.807, 2.05) is 24.3 Å². The number of thiol groups is 1. The molecule has 0 aliphatic rings. The van der Waals surface area contributed by atoms with E-state index in [4.69, 9.17) is 0 Å². The van der Waals surface area contributed by atoms with Gasteiger partial charge in [0, 0.05) is 4.90 Å². The topological polar surface area (TPSA) is 12.4 Å². The van der Waals surface area contributed by atoms with Gasteiger partial charge >= 0.3 is 0 Å². The maximum atomic E-state index is 4.14. The Kier molecular flexibility index (Phi) is 1.90. The number of para-hydroxylation sites is 1. The molecule has 0 saturated carbocycles. The summed E-state index contributed by atoms with van der Waals surface area (Å²) in [6.45, 7) is 3.39. The third-order valence-corrected chi connectivity index (χ3v) is 1.43. The van der Waals surface area contributed by atoms with E-state index in [1.165, 1.54) is 0 Å².